The second kappa shape index (κ2) is 7.58. The van der Waals surface area contributed by atoms with E-state index < -0.39 is 15.7 Å². The minimum atomic E-state index is -2.75. The molecule has 2 heterocycles. The van der Waals surface area contributed by atoms with E-state index in [-0.39, 0.29) is 5.91 Å². The monoisotopic (exact) mass is 348 g/mol. The van der Waals surface area contributed by atoms with Crippen LogP contribution in [0, 0.1) is 0 Å². The zero-order valence-corrected chi connectivity index (χ0v) is 15.9. The van der Waals surface area contributed by atoms with Gasteiger partial charge in [0.05, 0.1) is 19.5 Å². The molecule has 8 heteroatoms. The molecule has 2 fully saturated rings. The third kappa shape index (κ3) is 5.78. The number of nitrogens with zero attached hydrogens (tertiary/aromatic N) is 2. The molecule has 2 rings (SSSR count). The van der Waals surface area contributed by atoms with E-state index in [1.165, 1.54) is 0 Å². The highest BCUT2D eigenvalue weighted by Gasteiger charge is 2.34. The van der Waals surface area contributed by atoms with Crippen molar-refractivity contribution in [2.75, 3.05) is 51.8 Å². The first-order chi connectivity index (χ1) is 10.3. The highest BCUT2D eigenvalue weighted by molar-refractivity contribution is 7.60. The van der Waals surface area contributed by atoms with Crippen molar-refractivity contribution in [3.63, 3.8) is 0 Å². The number of amides is 1. The zero-order chi connectivity index (χ0) is 16.2. The Labute approximate surface area is 134 Å². The third-order valence-corrected chi connectivity index (χ3v) is 9.08. The number of likely N-dealkylation sites (tertiary alicyclic amines) is 1. The molecular formula is C14H29N2O4PSi. The van der Waals surface area contributed by atoms with Gasteiger partial charge in [-0.3, -0.25) is 14.3 Å². The average molecular weight is 348 g/mol. The van der Waals surface area contributed by atoms with Crippen molar-refractivity contribution in [1.82, 2.24) is 9.80 Å². The van der Waals surface area contributed by atoms with Crippen LogP contribution in [0.5, 0.6) is 0 Å². The molecule has 0 radical (unpaired) electrons. The molecule has 0 bridgehead atoms. The van der Waals surface area contributed by atoms with Crippen molar-refractivity contribution >= 4 is 21.6 Å². The van der Waals surface area contributed by atoms with Crippen LogP contribution in [0.4, 0.5) is 0 Å². The Kier molecular flexibility index (Phi) is 6.25. The second-order valence-electron chi connectivity index (χ2n) is 7.10. The van der Waals surface area contributed by atoms with Crippen LogP contribution in [0.25, 0.3) is 0 Å². The second-order valence-corrected chi connectivity index (χ2v) is 14.4. The van der Waals surface area contributed by atoms with Crippen molar-refractivity contribution in [3.8, 4) is 0 Å². The van der Waals surface area contributed by atoms with Gasteiger partial charge in [0, 0.05) is 38.8 Å². The Morgan fingerprint density at radius 3 is 2.45 bits per heavy atom. The minimum Gasteiger partial charge on any atom is -0.379 e. The SMILES string of the molecule is C[Si](C)(C)OP(=O)(CCN1CCCC1=O)CN1CCOCC1. The summed E-state index contributed by atoms with van der Waals surface area (Å²) in [5.41, 5.74) is 0. The molecule has 6 nitrogen and oxygen atoms in total. The van der Waals surface area contributed by atoms with Crippen LogP contribution in [-0.2, 0) is 18.3 Å². The van der Waals surface area contributed by atoms with Crippen molar-refractivity contribution in [2.24, 2.45) is 0 Å². The molecule has 2 aliphatic rings. The first-order valence-corrected chi connectivity index (χ1v) is 13.5. The summed E-state index contributed by atoms with van der Waals surface area (Å²) in [4.78, 5) is 15.8. The van der Waals surface area contributed by atoms with Gasteiger partial charge in [0.2, 0.25) is 13.3 Å². The molecule has 0 aromatic rings. The molecule has 128 valence electrons. The van der Waals surface area contributed by atoms with E-state index in [4.69, 9.17) is 8.95 Å². The molecular weight excluding hydrogens is 319 g/mol. The van der Waals surface area contributed by atoms with Gasteiger partial charge in [-0.25, -0.2) is 0 Å². The van der Waals surface area contributed by atoms with Crippen LogP contribution in [0.2, 0.25) is 19.6 Å². The summed E-state index contributed by atoms with van der Waals surface area (Å²) in [6.45, 7) is 10.6. The van der Waals surface area contributed by atoms with Gasteiger partial charge in [-0.15, -0.1) is 0 Å². The quantitative estimate of drug-likeness (QED) is 0.520. The van der Waals surface area contributed by atoms with E-state index in [2.05, 4.69) is 24.5 Å². The van der Waals surface area contributed by atoms with Crippen LogP contribution in [0.1, 0.15) is 12.8 Å². The van der Waals surface area contributed by atoms with Crippen molar-refractivity contribution < 1.29 is 18.3 Å². The Balaban J connectivity index is 1.97. The van der Waals surface area contributed by atoms with E-state index in [0.717, 1.165) is 26.1 Å². The predicted octanol–water partition coefficient (Wildman–Crippen LogP) is 2.03. The Bertz CT molecular complexity index is 435. The Morgan fingerprint density at radius 2 is 1.91 bits per heavy atom. The van der Waals surface area contributed by atoms with Crippen molar-refractivity contribution in [1.29, 1.82) is 0 Å². The molecule has 0 aromatic carbocycles. The highest BCUT2D eigenvalue weighted by Crippen LogP contribution is 2.50. The minimum absolute atomic E-state index is 0.186. The lowest BCUT2D eigenvalue weighted by atomic mass is 10.4. The van der Waals surface area contributed by atoms with Gasteiger partial charge >= 0.3 is 0 Å². The van der Waals surface area contributed by atoms with Gasteiger partial charge in [-0.2, -0.15) is 0 Å². The standard InChI is InChI=1S/C14H29N2O4PSi/c1-22(2,3)20-21(18,13-15-7-10-19-11-8-15)12-9-16-6-4-5-14(16)17/h4-13H2,1-3H3. The normalized spacial score (nSPS) is 23.8. The molecule has 1 atom stereocenters. The summed E-state index contributed by atoms with van der Waals surface area (Å²) >= 11 is 0. The number of rotatable bonds is 7. The molecule has 22 heavy (non-hydrogen) atoms. The van der Waals surface area contributed by atoms with Crippen LogP contribution in [-0.4, -0.2) is 75.9 Å². The lowest BCUT2D eigenvalue weighted by Crippen LogP contribution is -2.39. The van der Waals surface area contributed by atoms with Gasteiger partial charge in [-0.05, 0) is 26.1 Å². The number of ether oxygens (including phenoxy) is 1. The molecule has 0 N–H and O–H groups in total. The summed E-state index contributed by atoms with van der Waals surface area (Å²) in [5.74, 6) is 0.186. The molecule has 0 saturated carbocycles. The fourth-order valence-electron chi connectivity index (χ4n) is 2.91. The van der Waals surface area contributed by atoms with E-state index in [9.17, 15) is 9.36 Å². The third-order valence-electron chi connectivity index (χ3n) is 3.84. The van der Waals surface area contributed by atoms with Crippen molar-refractivity contribution in [3.05, 3.63) is 0 Å². The lowest BCUT2D eigenvalue weighted by Gasteiger charge is -2.34. The van der Waals surface area contributed by atoms with E-state index >= 15 is 0 Å². The first kappa shape index (κ1) is 18.1. The summed E-state index contributed by atoms with van der Waals surface area (Å²) in [7, 11) is -4.65. The van der Waals surface area contributed by atoms with Crippen LogP contribution in [0.15, 0.2) is 0 Å². The van der Waals surface area contributed by atoms with E-state index in [0.29, 0.717) is 38.6 Å². The smallest absolute Gasteiger partial charge is 0.222 e. The summed E-state index contributed by atoms with van der Waals surface area (Å²) < 4.78 is 24.8. The Morgan fingerprint density at radius 1 is 1.23 bits per heavy atom. The molecule has 2 saturated heterocycles. The molecule has 1 unspecified atom stereocenters. The maximum atomic E-state index is 13.4. The van der Waals surface area contributed by atoms with Gasteiger partial charge in [0.25, 0.3) is 0 Å². The fraction of sp³-hybridized carbons (Fsp3) is 0.929. The Hall–Kier alpha value is -0.203. The van der Waals surface area contributed by atoms with Gasteiger partial charge in [-0.1, -0.05) is 0 Å². The molecule has 0 aliphatic carbocycles. The largest absolute Gasteiger partial charge is 0.379 e. The molecule has 0 spiro atoms. The topological polar surface area (TPSA) is 59.1 Å². The van der Waals surface area contributed by atoms with Gasteiger partial charge in [0.15, 0.2) is 8.32 Å². The highest BCUT2D eigenvalue weighted by atomic mass is 31.2. The predicted molar refractivity (Wildman–Crippen MR) is 90.0 cm³/mol. The zero-order valence-electron chi connectivity index (χ0n) is 14.0. The van der Waals surface area contributed by atoms with Gasteiger partial charge < -0.3 is 13.8 Å². The molecule has 2 aliphatic heterocycles. The number of hydrogen-bond donors (Lipinski definition) is 0. The lowest BCUT2D eigenvalue weighted by molar-refractivity contribution is -0.127. The van der Waals surface area contributed by atoms with Gasteiger partial charge in [0.1, 0.15) is 0 Å². The number of carbonyl (C=O) groups is 1. The molecule has 1 amide bonds. The number of hydrogen-bond acceptors (Lipinski definition) is 5. The van der Waals surface area contributed by atoms with Crippen LogP contribution >= 0.6 is 7.37 Å². The first-order valence-electron chi connectivity index (χ1n) is 8.14. The van der Waals surface area contributed by atoms with Crippen molar-refractivity contribution in [2.45, 2.75) is 32.5 Å². The summed E-state index contributed by atoms with van der Waals surface area (Å²) in [6, 6.07) is 0. The summed E-state index contributed by atoms with van der Waals surface area (Å²) in [6.07, 6.45) is 2.51. The van der Waals surface area contributed by atoms with Crippen LogP contribution < -0.4 is 0 Å². The number of carbonyl (C=O) groups excluding carboxylic acids is 1. The fourth-order valence-corrected chi connectivity index (χ4v) is 9.07. The average Bonchev–Trinajstić information content (AvgIpc) is 2.81. The summed E-state index contributed by atoms with van der Waals surface area (Å²) in [5, 5.41) is 0. The van der Waals surface area contributed by atoms with Crippen LogP contribution in [0.3, 0.4) is 0 Å². The maximum absolute atomic E-state index is 13.4. The van der Waals surface area contributed by atoms with E-state index in [1.54, 1.807) is 0 Å². The maximum Gasteiger partial charge on any atom is 0.222 e. The molecule has 0 aromatic heterocycles. The van der Waals surface area contributed by atoms with E-state index in [1.807, 2.05) is 4.90 Å². The number of morpholine rings is 1.